The fourth-order valence-corrected chi connectivity index (χ4v) is 12.9. The van der Waals surface area contributed by atoms with Gasteiger partial charge in [-0.05, 0) is 163 Å². The van der Waals surface area contributed by atoms with Crippen molar-refractivity contribution in [2.75, 3.05) is 52.4 Å². The van der Waals surface area contributed by atoms with E-state index in [1.807, 2.05) is 35.2 Å². The molecular formula is C61H112N10. The molecule has 7 fully saturated rings. The van der Waals surface area contributed by atoms with Gasteiger partial charge in [0.2, 0.25) is 0 Å². The smallest absolute Gasteiger partial charge is 0.0641 e. The van der Waals surface area contributed by atoms with Gasteiger partial charge in [0.15, 0.2) is 0 Å². The zero-order valence-electron chi connectivity index (χ0n) is 48.9. The second-order valence-electron chi connectivity index (χ2n) is 26.4. The first-order chi connectivity index (χ1) is 32.9. The van der Waals surface area contributed by atoms with E-state index < -0.39 is 0 Å². The summed E-state index contributed by atoms with van der Waals surface area (Å²) in [6.07, 6.45) is 13.1. The van der Waals surface area contributed by atoms with Gasteiger partial charge in [0.1, 0.15) is 0 Å². The predicted octanol–water partition coefficient (Wildman–Crippen LogP) is 12.7. The van der Waals surface area contributed by atoms with Crippen molar-refractivity contribution >= 4 is 0 Å². The first-order valence-corrected chi connectivity index (χ1v) is 28.7. The summed E-state index contributed by atoms with van der Waals surface area (Å²) in [6.45, 7) is 49.8. The number of rotatable bonds is 11. The molecule has 0 unspecified atom stereocenters. The molecule has 2 spiro atoms. The van der Waals surface area contributed by atoms with Gasteiger partial charge >= 0.3 is 0 Å². The molecule has 0 amide bonds. The monoisotopic (exact) mass is 985 g/mol. The average Bonchev–Trinajstić information content (AvgIpc) is 3.68. The van der Waals surface area contributed by atoms with Crippen LogP contribution < -0.4 is 5.32 Å². The first-order valence-electron chi connectivity index (χ1n) is 28.7. The van der Waals surface area contributed by atoms with Crippen molar-refractivity contribution in [2.24, 2.45) is 91.2 Å². The quantitative estimate of drug-likeness (QED) is 0.205. The van der Waals surface area contributed by atoms with Gasteiger partial charge in [-0.2, -0.15) is 15.3 Å². The van der Waals surface area contributed by atoms with Crippen LogP contribution in [0.5, 0.6) is 0 Å². The van der Waals surface area contributed by atoms with E-state index in [2.05, 4.69) is 146 Å². The minimum Gasteiger partial charge on any atom is -0.316 e. The van der Waals surface area contributed by atoms with Gasteiger partial charge in [-0.3, -0.25) is 28.7 Å². The third kappa shape index (κ3) is 14.9. The van der Waals surface area contributed by atoms with Crippen LogP contribution in [0.4, 0.5) is 0 Å². The molecule has 0 radical (unpaired) electrons. The molecule has 3 saturated carbocycles. The summed E-state index contributed by atoms with van der Waals surface area (Å²) in [5, 5.41) is 16.9. The fraction of sp³-hybridized carbons (Fsp3) is 0.852. The van der Waals surface area contributed by atoms with E-state index in [0.717, 1.165) is 84.2 Å². The molecular weight excluding hydrogens is 873 g/mol. The van der Waals surface area contributed by atoms with Crippen molar-refractivity contribution in [3.63, 3.8) is 0 Å². The number of aromatic nitrogens is 6. The summed E-state index contributed by atoms with van der Waals surface area (Å²) in [6, 6.07) is 0. The lowest BCUT2D eigenvalue weighted by Gasteiger charge is -2.60. The number of hydrogen-bond donors (Lipinski definition) is 1. The molecule has 10 nitrogen and oxygen atoms in total. The van der Waals surface area contributed by atoms with Crippen LogP contribution in [0.3, 0.4) is 0 Å². The summed E-state index contributed by atoms with van der Waals surface area (Å²) in [4.78, 5) is 7.73. The topological polar surface area (TPSA) is 75.2 Å². The molecule has 1 N–H and O–H groups in total. The van der Waals surface area contributed by atoms with Gasteiger partial charge in [-0.15, -0.1) is 0 Å². The minimum absolute atomic E-state index is 0. The molecule has 3 aliphatic carbocycles. The van der Waals surface area contributed by atoms with Crippen molar-refractivity contribution in [3.05, 3.63) is 50.9 Å². The largest absolute Gasteiger partial charge is 0.316 e. The molecule has 71 heavy (non-hydrogen) atoms. The van der Waals surface area contributed by atoms with E-state index in [1.165, 1.54) is 161 Å². The van der Waals surface area contributed by atoms with Crippen LogP contribution >= 0.6 is 0 Å². The summed E-state index contributed by atoms with van der Waals surface area (Å²) in [5.41, 5.74) is 13.3. The second kappa shape index (κ2) is 25.3. The Bertz CT molecular complexity index is 2050. The number of likely N-dealkylation sites (tertiary alicyclic amines) is 3. The molecule has 0 bridgehead atoms. The van der Waals surface area contributed by atoms with Crippen LogP contribution in [0, 0.1) is 112 Å². The normalized spacial score (nSPS) is 21.5. The Kier molecular flexibility index (Phi) is 21.2. The maximum Gasteiger partial charge on any atom is 0.0641 e. The zero-order valence-corrected chi connectivity index (χ0v) is 48.9. The Hall–Kier alpha value is -2.53. The van der Waals surface area contributed by atoms with Crippen LogP contribution in [0.15, 0.2) is 0 Å². The molecule has 0 aromatic carbocycles. The lowest BCUT2D eigenvalue weighted by Crippen LogP contribution is -2.62. The Labute approximate surface area is 437 Å². The third-order valence-electron chi connectivity index (χ3n) is 19.5. The molecule has 10 heteroatoms. The predicted molar refractivity (Wildman–Crippen MR) is 302 cm³/mol. The van der Waals surface area contributed by atoms with Gasteiger partial charge in [-0.25, -0.2) is 0 Å². The number of nitrogens with zero attached hydrogens (tertiary/aromatic N) is 9. The zero-order chi connectivity index (χ0) is 51.4. The van der Waals surface area contributed by atoms with Crippen molar-refractivity contribution in [3.8, 4) is 0 Å². The highest BCUT2D eigenvalue weighted by Crippen LogP contribution is 2.54. The Morgan fingerprint density at radius 3 is 1.07 bits per heavy atom. The maximum absolute atomic E-state index is 4.52. The third-order valence-corrected chi connectivity index (χ3v) is 19.5. The number of nitrogens with one attached hydrogen (secondary N) is 1. The Balaban J connectivity index is 0.000000170. The molecule has 7 heterocycles. The van der Waals surface area contributed by atoms with E-state index in [0.29, 0.717) is 5.41 Å². The number of piperidine rings is 1. The van der Waals surface area contributed by atoms with Crippen molar-refractivity contribution in [2.45, 2.75) is 196 Å². The van der Waals surface area contributed by atoms with E-state index in [1.54, 1.807) is 0 Å². The van der Waals surface area contributed by atoms with E-state index >= 15 is 0 Å². The van der Waals surface area contributed by atoms with Crippen LogP contribution in [-0.2, 0) is 40.8 Å². The van der Waals surface area contributed by atoms with Gasteiger partial charge < -0.3 is 5.32 Å². The van der Waals surface area contributed by atoms with Gasteiger partial charge in [0.05, 0.1) is 17.1 Å². The lowest BCUT2D eigenvalue weighted by molar-refractivity contribution is -0.109. The summed E-state index contributed by atoms with van der Waals surface area (Å²) in [5.74, 6) is 9.37. The van der Waals surface area contributed by atoms with Gasteiger partial charge in [-0.1, -0.05) is 95.9 Å². The molecule has 4 saturated heterocycles. The Morgan fingerprint density at radius 2 is 0.789 bits per heavy atom. The lowest BCUT2D eigenvalue weighted by atomic mass is 9.55. The highest BCUT2D eigenvalue weighted by molar-refractivity contribution is 5.26. The minimum atomic E-state index is 0. The molecule has 0 atom stereocenters. The molecule has 3 aromatic heterocycles. The van der Waals surface area contributed by atoms with Crippen molar-refractivity contribution in [1.29, 1.82) is 0 Å². The number of hydrogen-bond acceptors (Lipinski definition) is 7. The Morgan fingerprint density at radius 1 is 0.451 bits per heavy atom. The van der Waals surface area contributed by atoms with Gasteiger partial charge in [0, 0.05) is 114 Å². The van der Waals surface area contributed by atoms with Crippen molar-refractivity contribution < 1.29 is 0 Å². The van der Waals surface area contributed by atoms with E-state index in [4.69, 9.17) is 0 Å². The fourth-order valence-electron chi connectivity index (χ4n) is 12.9. The molecule has 10 rings (SSSR count). The average molecular weight is 986 g/mol. The van der Waals surface area contributed by atoms with E-state index in [9.17, 15) is 0 Å². The molecule has 7 aliphatic rings. The molecule has 3 aromatic rings. The van der Waals surface area contributed by atoms with Crippen LogP contribution in [0.25, 0.3) is 0 Å². The first kappa shape index (κ1) is 59.3. The maximum atomic E-state index is 4.52. The standard InChI is InChI=1S/C16H27N3.C15H27N3.C13H23N3.C9H17N.C7H14.CH4/c1-11(2)14-6-16(7-14)9-19(10-16)8-15-12(3)17-18(5)13(15)4;1-11(2)14-6-8-18(9-7-14)10-15-12(3)16-17(5)13(15)4;1-9(2)12-6-16(7-12)8-13-10(3)14-15(5)11(13)4;1-7(2)8-3-9(4-8)5-10-6-9;1-6(2)7-4-3-5-7;/h11,14H,6-10H2,1-5H3;11,14H,6-10H2,1-5H3;9,12H,6-8H2,1-5H3;7-8,10H,3-6H2,1-2H3;6-7H,3-5H2,1-2H3;1H4. The molecule has 406 valence electrons. The van der Waals surface area contributed by atoms with E-state index in [-0.39, 0.29) is 7.43 Å². The second-order valence-corrected chi connectivity index (χ2v) is 26.4. The summed E-state index contributed by atoms with van der Waals surface area (Å²) < 4.78 is 6.01. The highest BCUT2D eigenvalue weighted by atomic mass is 15.3. The van der Waals surface area contributed by atoms with Crippen LogP contribution in [-0.4, -0.2) is 96.4 Å². The van der Waals surface area contributed by atoms with Crippen LogP contribution in [0.2, 0.25) is 0 Å². The summed E-state index contributed by atoms with van der Waals surface area (Å²) >= 11 is 0. The van der Waals surface area contributed by atoms with Gasteiger partial charge in [0.25, 0.3) is 0 Å². The van der Waals surface area contributed by atoms with Crippen molar-refractivity contribution in [1.82, 2.24) is 49.4 Å². The highest BCUT2D eigenvalue weighted by Gasteiger charge is 2.52. The number of aryl methyl sites for hydroxylation is 6. The summed E-state index contributed by atoms with van der Waals surface area (Å²) in [7, 11) is 6.11. The molecule has 4 aliphatic heterocycles. The SMILES string of the molecule is C.CC(C)C1CC2(CNC2)C1.CC(C)C1CCC1.Cc1nn(C)c(C)c1CN1CC(C(C)C)C1.Cc1nn(C)c(C)c1CN1CC2(CC(C(C)C)C2)C1.Cc1nn(C)c(C)c1CN1CCC(C(C)C)CC1. The van der Waals surface area contributed by atoms with Crippen LogP contribution in [0.1, 0.15) is 185 Å².